The first kappa shape index (κ1) is 16.4. The summed E-state index contributed by atoms with van der Waals surface area (Å²) < 4.78 is 4.93. The number of fused-ring (bicyclic) bond motifs is 1. The number of nitrogens with two attached hydrogens (primary N) is 1. The SMILES string of the molecule is N=C1C(c2nc3ccccc3[nH]2)=C(O)C(C(N)=O)N1c1ccoc1C(=O)O. The number of nitrogens with zero attached hydrogens (tertiary/aromatic N) is 2. The van der Waals surface area contributed by atoms with E-state index >= 15 is 0 Å². The van der Waals surface area contributed by atoms with Gasteiger partial charge in [0.05, 0.1) is 28.6 Å². The van der Waals surface area contributed by atoms with Crippen LogP contribution in [-0.2, 0) is 4.79 Å². The summed E-state index contributed by atoms with van der Waals surface area (Å²) in [6.45, 7) is 0. The summed E-state index contributed by atoms with van der Waals surface area (Å²) in [6, 6.07) is 6.91. The van der Waals surface area contributed by atoms with Crippen molar-refractivity contribution in [3.05, 3.63) is 53.9 Å². The summed E-state index contributed by atoms with van der Waals surface area (Å²) >= 11 is 0. The van der Waals surface area contributed by atoms with Gasteiger partial charge >= 0.3 is 5.97 Å². The number of carbonyl (C=O) groups is 2. The maximum Gasteiger partial charge on any atom is 0.374 e. The molecule has 0 fully saturated rings. The van der Waals surface area contributed by atoms with E-state index in [1.807, 2.05) is 0 Å². The molecule has 1 aliphatic heterocycles. The molecule has 2 aromatic heterocycles. The number of carboxylic acids is 1. The lowest BCUT2D eigenvalue weighted by atomic mass is 10.2. The largest absolute Gasteiger partial charge is 0.509 e. The minimum absolute atomic E-state index is 0.0486. The summed E-state index contributed by atoms with van der Waals surface area (Å²) in [5.74, 6) is -3.50. The van der Waals surface area contributed by atoms with Crippen LogP contribution in [0.25, 0.3) is 16.6 Å². The second kappa shape index (κ2) is 5.73. The maximum atomic E-state index is 12.0. The van der Waals surface area contributed by atoms with Crippen molar-refractivity contribution in [2.45, 2.75) is 6.04 Å². The number of aliphatic hydroxyl groups is 1. The predicted molar refractivity (Wildman–Crippen MR) is 94.5 cm³/mol. The number of H-pyrrole nitrogens is 1. The van der Waals surface area contributed by atoms with E-state index in [9.17, 15) is 19.8 Å². The lowest BCUT2D eigenvalue weighted by molar-refractivity contribution is -0.118. The number of nitrogens with one attached hydrogen (secondary N) is 2. The van der Waals surface area contributed by atoms with Gasteiger partial charge in [-0.2, -0.15) is 0 Å². The number of benzene rings is 1. The van der Waals surface area contributed by atoms with E-state index in [0.29, 0.717) is 11.0 Å². The quantitative estimate of drug-likeness (QED) is 0.465. The molecule has 1 unspecified atom stereocenters. The van der Waals surface area contributed by atoms with Crippen LogP contribution < -0.4 is 10.6 Å². The zero-order valence-corrected chi connectivity index (χ0v) is 13.6. The topological polar surface area (TPSA) is 170 Å². The lowest BCUT2D eigenvalue weighted by Gasteiger charge is -2.23. The minimum atomic E-state index is -1.46. The molecule has 136 valence electrons. The number of rotatable bonds is 4. The molecule has 1 atom stereocenters. The number of primary amides is 1. The average molecular weight is 367 g/mol. The number of hydrogen-bond acceptors (Lipinski definition) is 6. The van der Waals surface area contributed by atoms with Crippen LogP contribution >= 0.6 is 0 Å². The number of amidine groups is 1. The van der Waals surface area contributed by atoms with Crippen LogP contribution in [0.5, 0.6) is 0 Å². The zero-order chi connectivity index (χ0) is 19.3. The molecule has 0 radical (unpaired) electrons. The van der Waals surface area contributed by atoms with Crippen LogP contribution in [0, 0.1) is 5.41 Å². The predicted octanol–water partition coefficient (Wildman–Crippen LogP) is 1.47. The number of aromatic carboxylic acids is 1. The number of para-hydroxylation sites is 2. The number of carbonyl (C=O) groups excluding carboxylic acids is 1. The van der Waals surface area contributed by atoms with E-state index in [2.05, 4.69) is 9.97 Å². The summed E-state index contributed by atoms with van der Waals surface area (Å²) in [4.78, 5) is 31.7. The highest BCUT2D eigenvalue weighted by Crippen LogP contribution is 2.37. The number of anilines is 1. The fourth-order valence-electron chi connectivity index (χ4n) is 3.11. The van der Waals surface area contributed by atoms with Crippen LogP contribution in [0.2, 0.25) is 0 Å². The molecule has 10 nitrogen and oxygen atoms in total. The molecule has 0 saturated carbocycles. The average Bonchev–Trinajstić information content (AvgIpc) is 3.29. The van der Waals surface area contributed by atoms with Gasteiger partial charge in [-0.05, 0) is 12.1 Å². The number of aliphatic hydroxyl groups excluding tert-OH is 1. The molecule has 0 bridgehead atoms. The maximum absolute atomic E-state index is 12.0. The summed E-state index contributed by atoms with van der Waals surface area (Å²) in [7, 11) is 0. The van der Waals surface area contributed by atoms with Crippen molar-refractivity contribution in [2.24, 2.45) is 5.73 Å². The highest BCUT2D eigenvalue weighted by Gasteiger charge is 2.45. The first-order chi connectivity index (χ1) is 12.9. The van der Waals surface area contributed by atoms with Gasteiger partial charge in [-0.3, -0.25) is 10.2 Å². The Balaban J connectivity index is 1.88. The van der Waals surface area contributed by atoms with Gasteiger partial charge in [-0.15, -0.1) is 0 Å². The van der Waals surface area contributed by atoms with Gasteiger partial charge in [0, 0.05) is 6.07 Å². The van der Waals surface area contributed by atoms with E-state index < -0.39 is 29.4 Å². The van der Waals surface area contributed by atoms with Crippen LogP contribution in [0.3, 0.4) is 0 Å². The molecule has 10 heteroatoms. The van der Waals surface area contributed by atoms with E-state index in [1.165, 1.54) is 6.07 Å². The summed E-state index contributed by atoms with van der Waals surface area (Å²) in [5, 5.41) is 28.3. The Labute approximate surface area is 151 Å². The number of imidazole rings is 1. The molecule has 1 aromatic carbocycles. The number of hydrogen-bond donors (Lipinski definition) is 5. The van der Waals surface area contributed by atoms with Gasteiger partial charge in [0.15, 0.2) is 6.04 Å². The van der Waals surface area contributed by atoms with E-state index in [-0.39, 0.29) is 22.9 Å². The second-order valence-electron chi connectivity index (χ2n) is 5.83. The van der Waals surface area contributed by atoms with Crippen LogP contribution in [-0.4, -0.2) is 43.9 Å². The van der Waals surface area contributed by atoms with Crippen molar-refractivity contribution >= 4 is 40.0 Å². The van der Waals surface area contributed by atoms with Crippen LogP contribution in [0.4, 0.5) is 5.69 Å². The van der Waals surface area contributed by atoms with Gasteiger partial charge in [-0.1, -0.05) is 12.1 Å². The summed E-state index contributed by atoms with van der Waals surface area (Å²) in [5.41, 5.74) is 6.56. The van der Waals surface area contributed by atoms with Crippen molar-refractivity contribution in [1.29, 1.82) is 5.41 Å². The molecular weight excluding hydrogens is 354 g/mol. The third-order valence-electron chi connectivity index (χ3n) is 4.24. The monoisotopic (exact) mass is 367 g/mol. The van der Waals surface area contributed by atoms with E-state index in [1.54, 1.807) is 24.3 Å². The van der Waals surface area contributed by atoms with Crippen molar-refractivity contribution in [3.8, 4) is 0 Å². The standard InChI is InChI=1S/C17H13N5O5/c18-14-10(16-20-7-3-1-2-4-8(7)21-16)12(23)11(15(19)24)22(14)9-5-6-27-13(9)17(25)26/h1-6,11,18,23H,(H2,19,24)(H,20,21)(H,25,26). The van der Waals surface area contributed by atoms with Crippen LogP contribution in [0.15, 0.2) is 46.8 Å². The molecule has 27 heavy (non-hydrogen) atoms. The molecule has 0 saturated heterocycles. The molecule has 1 amide bonds. The van der Waals surface area contributed by atoms with Crippen molar-refractivity contribution in [2.75, 3.05) is 4.90 Å². The molecular formula is C17H13N5O5. The Morgan fingerprint density at radius 3 is 2.70 bits per heavy atom. The Morgan fingerprint density at radius 2 is 2.04 bits per heavy atom. The Kier molecular flexibility index (Phi) is 3.48. The first-order valence-corrected chi connectivity index (χ1v) is 7.76. The smallest absolute Gasteiger partial charge is 0.374 e. The number of aromatic nitrogens is 2. The zero-order valence-electron chi connectivity index (χ0n) is 13.6. The number of furan rings is 1. The van der Waals surface area contributed by atoms with E-state index in [0.717, 1.165) is 11.2 Å². The molecule has 1 aliphatic rings. The third-order valence-corrected chi connectivity index (χ3v) is 4.24. The fourth-order valence-corrected chi connectivity index (χ4v) is 3.11. The minimum Gasteiger partial charge on any atom is -0.509 e. The van der Waals surface area contributed by atoms with Crippen molar-refractivity contribution in [1.82, 2.24) is 9.97 Å². The van der Waals surface area contributed by atoms with Gasteiger partial charge in [0.1, 0.15) is 17.4 Å². The highest BCUT2D eigenvalue weighted by atomic mass is 16.4. The molecule has 3 heterocycles. The van der Waals surface area contributed by atoms with Gasteiger partial charge in [0.25, 0.3) is 0 Å². The molecule has 0 aliphatic carbocycles. The fraction of sp³-hybridized carbons (Fsp3) is 0.0588. The number of amides is 1. The van der Waals surface area contributed by atoms with E-state index in [4.69, 9.17) is 15.6 Å². The Hall–Kier alpha value is -4.08. The Morgan fingerprint density at radius 1 is 1.30 bits per heavy atom. The Bertz CT molecular complexity index is 1110. The first-order valence-electron chi connectivity index (χ1n) is 7.76. The lowest BCUT2D eigenvalue weighted by Crippen LogP contribution is -2.45. The number of aromatic amines is 1. The van der Waals surface area contributed by atoms with Gasteiger partial charge in [-0.25, -0.2) is 9.78 Å². The highest BCUT2D eigenvalue weighted by molar-refractivity contribution is 6.33. The molecule has 6 N–H and O–H groups in total. The van der Waals surface area contributed by atoms with Crippen molar-refractivity contribution in [3.63, 3.8) is 0 Å². The normalized spacial score (nSPS) is 17.1. The van der Waals surface area contributed by atoms with Crippen LogP contribution in [0.1, 0.15) is 16.4 Å². The molecule has 3 aromatic rings. The van der Waals surface area contributed by atoms with Gasteiger partial charge < -0.3 is 30.2 Å². The summed E-state index contributed by atoms with van der Waals surface area (Å²) in [6.07, 6.45) is 1.11. The molecule has 0 spiro atoms. The van der Waals surface area contributed by atoms with Crippen molar-refractivity contribution < 1.29 is 24.2 Å². The number of carboxylic acid groups (broad SMARTS) is 1. The third kappa shape index (κ3) is 2.34. The second-order valence-corrected chi connectivity index (χ2v) is 5.83. The molecule has 4 rings (SSSR count). The van der Waals surface area contributed by atoms with Gasteiger partial charge in [0.2, 0.25) is 11.7 Å².